The van der Waals surface area contributed by atoms with Gasteiger partial charge < -0.3 is 15.0 Å². The fourth-order valence-electron chi connectivity index (χ4n) is 2.58. The summed E-state index contributed by atoms with van der Waals surface area (Å²) in [6, 6.07) is -0.492. The second-order valence-electron chi connectivity index (χ2n) is 5.86. The molecule has 0 aromatic heterocycles. The van der Waals surface area contributed by atoms with Gasteiger partial charge in [0.25, 0.3) is 0 Å². The van der Waals surface area contributed by atoms with Crippen LogP contribution in [0, 0.1) is 5.92 Å². The number of methoxy groups -OCH3 is 1. The molecule has 2 aliphatic rings. The number of amides is 2. The van der Waals surface area contributed by atoms with E-state index in [0.717, 1.165) is 0 Å². The number of allylic oxidation sites excluding steroid dienone is 1. The first-order chi connectivity index (χ1) is 9.93. The minimum absolute atomic E-state index is 0.0510. The second kappa shape index (κ2) is 6.79. The van der Waals surface area contributed by atoms with Gasteiger partial charge in [-0.05, 0) is 32.1 Å². The van der Waals surface area contributed by atoms with Gasteiger partial charge in [0.15, 0.2) is 9.84 Å². The smallest absolute Gasteiger partial charge is 0.321 e. The van der Waals surface area contributed by atoms with Gasteiger partial charge in [0.2, 0.25) is 0 Å². The van der Waals surface area contributed by atoms with Crippen LogP contribution in [-0.2, 0) is 14.6 Å². The summed E-state index contributed by atoms with van der Waals surface area (Å²) in [7, 11) is -1.44. The van der Waals surface area contributed by atoms with E-state index in [9.17, 15) is 13.2 Å². The highest BCUT2D eigenvalue weighted by Gasteiger charge is 2.34. The number of nitrogens with one attached hydrogen (secondary N) is 1. The average Bonchev–Trinajstić information content (AvgIpc) is 3.21. The zero-order valence-corrected chi connectivity index (χ0v) is 13.5. The molecular weight excluding hydrogens is 292 g/mol. The van der Waals surface area contributed by atoms with Crippen LogP contribution in [0.1, 0.15) is 26.2 Å². The van der Waals surface area contributed by atoms with E-state index < -0.39 is 9.84 Å². The van der Waals surface area contributed by atoms with Crippen LogP contribution >= 0.6 is 0 Å². The molecule has 6 nitrogen and oxygen atoms in total. The average molecular weight is 316 g/mol. The predicted octanol–water partition coefficient (Wildman–Crippen LogP) is 1.15. The molecule has 0 spiro atoms. The Balaban J connectivity index is 1.97. The van der Waals surface area contributed by atoms with Gasteiger partial charge >= 0.3 is 6.03 Å². The summed E-state index contributed by atoms with van der Waals surface area (Å²) in [6.45, 7) is 2.81. The molecule has 0 aromatic carbocycles. The lowest BCUT2D eigenvalue weighted by Gasteiger charge is -2.27. The maximum Gasteiger partial charge on any atom is 0.321 e. The topological polar surface area (TPSA) is 75.7 Å². The van der Waals surface area contributed by atoms with Gasteiger partial charge in [-0.3, -0.25) is 0 Å². The quantitative estimate of drug-likeness (QED) is 0.797. The molecule has 0 bridgehead atoms. The molecule has 0 aromatic rings. The molecule has 1 N–H and O–H groups in total. The van der Waals surface area contributed by atoms with E-state index in [1.54, 1.807) is 18.2 Å². The molecule has 2 fully saturated rings. The van der Waals surface area contributed by atoms with Crippen LogP contribution in [-0.4, -0.2) is 57.2 Å². The Morgan fingerprint density at radius 3 is 2.62 bits per heavy atom. The van der Waals surface area contributed by atoms with Gasteiger partial charge in [-0.1, -0.05) is 5.57 Å². The van der Waals surface area contributed by atoms with E-state index in [2.05, 4.69) is 5.32 Å². The van der Waals surface area contributed by atoms with Gasteiger partial charge in [-0.25, -0.2) is 13.2 Å². The normalized spacial score (nSPS) is 24.9. The van der Waals surface area contributed by atoms with E-state index in [4.69, 9.17) is 4.74 Å². The molecule has 21 heavy (non-hydrogen) atoms. The lowest BCUT2D eigenvalue weighted by Crippen LogP contribution is -2.47. The number of hydrogen-bond donors (Lipinski definition) is 1. The van der Waals surface area contributed by atoms with E-state index >= 15 is 0 Å². The van der Waals surface area contributed by atoms with Crippen LogP contribution < -0.4 is 5.32 Å². The summed E-state index contributed by atoms with van der Waals surface area (Å²) in [5.74, 6) is 0.811. The highest BCUT2D eigenvalue weighted by molar-refractivity contribution is 7.91. The van der Waals surface area contributed by atoms with Crippen LogP contribution in [0.25, 0.3) is 0 Å². The molecule has 2 amide bonds. The third kappa shape index (κ3) is 4.71. The first-order valence-corrected chi connectivity index (χ1v) is 9.18. The molecule has 2 rings (SSSR count). The molecule has 1 saturated carbocycles. The van der Waals surface area contributed by atoms with Crippen molar-refractivity contribution in [3.63, 3.8) is 0 Å². The minimum Gasteiger partial charge on any atom is -0.383 e. The third-order valence-corrected chi connectivity index (χ3v) is 5.84. The van der Waals surface area contributed by atoms with Crippen molar-refractivity contribution in [3.8, 4) is 0 Å². The summed E-state index contributed by atoms with van der Waals surface area (Å²) in [4.78, 5) is 13.9. The number of ether oxygens (including phenoxy) is 1. The summed E-state index contributed by atoms with van der Waals surface area (Å²) in [6.07, 6.45) is 4.63. The largest absolute Gasteiger partial charge is 0.383 e. The van der Waals surface area contributed by atoms with E-state index in [-0.39, 0.29) is 23.6 Å². The molecular formula is C14H24N2O4S. The number of nitrogens with zero attached hydrogens (tertiary/aromatic N) is 1. The van der Waals surface area contributed by atoms with E-state index in [1.807, 2.05) is 6.92 Å². The molecule has 1 unspecified atom stereocenters. The highest BCUT2D eigenvalue weighted by Crippen LogP contribution is 2.35. The summed E-state index contributed by atoms with van der Waals surface area (Å²) >= 11 is 0. The van der Waals surface area contributed by atoms with Crippen LogP contribution in [0.2, 0.25) is 0 Å². The molecule has 1 heterocycles. The van der Waals surface area contributed by atoms with Crippen LogP contribution in [0.3, 0.4) is 0 Å². The fourth-order valence-corrected chi connectivity index (χ4v) is 4.31. The van der Waals surface area contributed by atoms with Crippen LogP contribution in [0.15, 0.2) is 11.8 Å². The highest BCUT2D eigenvalue weighted by atomic mass is 32.2. The van der Waals surface area contributed by atoms with Gasteiger partial charge in [0, 0.05) is 25.9 Å². The van der Waals surface area contributed by atoms with Gasteiger partial charge in [0.1, 0.15) is 0 Å². The van der Waals surface area contributed by atoms with Crippen molar-refractivity contribution in [3.05, 3.63) is 11.8 Å². The van der Waals surface area contributed by atoms with Crippen molar-refractivity contribution < 1.29 is 17.9 Å². The Bertz CT molecular complexity index is 511. The summed E-state index contributed by atoms with van der Waals surface area (Å²) in [5, 5.41) is 2.79. The fraction of sp³-hybridized carbons (Fsp3) is 0.786. The van der Waals surface area contributed by atoms with Gasteiger partial charge in [-0.15, -0.1) is 0 Å². The van der Waals surface area contributed by atoms with Crippen molar-refractivity contribution in [2.75, 3.05) is 31.8 Å². The van der Waals surface area contributed by atoms with E-state index in [0.29, 0.717) is 25.5 Å². The lowest BCUT2D eigenvalue weighted by molar-refractivity contribution is 0.135. The number of sulfone groups is 1. The monoisotopic (exact) mass is 316 g/mol. The Kier molecular flexibility index (Phi) is 5.27. The maximum absolute atomic E-state index is 12.3. The number of carbonyl (C=O) groups is 1. The SMILES string of the molecule is COCCN(C(=O)N/C=C(\C)C1CC1)C1CCS(=O)(=O)C1. The first kappa shape index (κ1) is 16.3. The number of hydrogen-bond acceptors (Lipinski definition) is 4. The molecule has 1 aliphatic heterocycles. The number of rotatable bonds is 6. The summed E-state index contributed by atoms with van der Waals surface area (Å²) < 4.78 is 28.2. The number of carbonyl (C=O) groups excluding carboxylic acids is 1. The van der Waals surface area contributed by atoms with Crippen molar-refractivity contribution >= 4 is 15.9 Å². The summed E-state index contributed by atoms with van der Waals surface area (Å²) in [5.41, 5.74) is 1.18. The zero-order chi connectivity index (χ0) is 15.5. The Labute approximate surface area is 126 Å². The third-order valence-electron chi connectivity index (χ3n) is 4.09. The van der Waals surface area contributed by atoms with Crippen molar-refractivity contribution in [2.45, 2.75) is 32.2 Å². The maximum atomic E-state index is 12.3. The predicted molar refractivity (Wildman–Crippen MR) is 80.7 cm³/mol. The van der Waals surface area contributed by atoms with Crippen molar-refractivity contribution in [1.29, 1.82) is 0 Å². The van der Waals surface area contributed by atoms with Crippen molar-refractivity contribution in [1.82, 2.24) is 10.2 Å². The number of urea groups is 1. The lowest BCUT2D eigenvalue weighted by atomic mass is 10.2. The molecule has 0 radical (unpaired) electrons. The van der Waals surface area contributed by atoms with Gasteiger partial charge in [0.05, 0.1) is 18.1 Å². The standard InChI is InChI=1S/C14H24N2O4S/c1-11(12-3-4-12)9-15-14(17)16(6-7-20-2)13-5-8-21(18,19)10-13/h9,12-13H,3-8,10H2,1-2H3,(H,15,17)/b11-9+. The Morgan fingerprint density at radius 2 is 2.10 bits per heavy atom. The minimum atomic E-state index is -3.01. The molecule has 1 saturated heterocycles. The Hall–Kier alpha value is -1.08. The molecule has 7 heteroatoms. The molecule has 1 aliphatic carbocycles. The molecule has 120 valence electrons. The molecule has 1 atom stereocenters. The van der Waals surface area contributed by atoms with E-state index in [1.165, 1.54) is 18.4 Å². The Morgan fingerprint density at radius 1 is 1.38 bits per heavy atom. The second-order valence-corrected chi connectivity index (χ2v) is 8.08. The first-order valence-electron chi connectivity index (χ1n) is 7.36. The van der Waals surface area contributed by atoms with Gasteiger partial charge in [-0.2, -0.15) is 0 Å². The van der Waals surface area contributed by atoms with Crippen molar-refractivity contribution in [2.24, 2.45) is 5.92 Å². The van der Waals surface area contributed by atoms with Crippen LogP contribution in [0.5, 0.6) is 0 Å². The zero-order valence-electron chi connectivity index (χ0n) is 12.7. The van der Waals surface area contributed by atoms with Crippen LogP contribution in [0.4, 0.5) is 4.79 Å².